The molecule has 1 aromatic carbocycles. The normalized spacial score (nSPS) is 14.3. The van der Waals surface area contributed by atoms with Crippen LogP contribution in [0.1, 0.15) is 12.5 Å². The molecule has 0 spiro atoms. The van der Waals surface area contributed by atoms with Crippen molar-refractivity contribution in [3.05, 3.63) is 35.9 Å². The number of carbonyl (C=O) groups excluding carboxylic acids is 2. The Labute approximate surface area is 150 Å². The fraction of sp³-hybridized carbons (Fsp3) is 0.385. The number of amides is 2. The van der Waals surface area contributed by atoms with E-state index in [1.165, 1.54) is 0 Å². The number of hydrogen-bond donors (Lipinski definition) is 2. The molecule has 2 unspecified atom stereocenters. The third-order valence-electron chi connectivity index (χ3n) is 2.95. The SMILES string of the molecule is CC(OS(C)(=O)=O)C(C(N)=O)N(C(=O)OCc1ccccc1)S(=O)(=O)O. The van der Waals surface area contributed by atoms with Crippen LogP contribution < -0.4 is 5.73 Å². The molecule has 26 heavy (non-hydrogen) atoms. The highest BCUT2D eigenvalue weighted by Gasteiger charge is 2.43. The highest BCUT2D eigenvalue weighted by atomic mass is 32.2. The van der Waals surface area contributed by atoms with Crippen molar-refractivity contribution in [3.63, 3.8) is 0 Å². The van der Waals surface area contributed by atoms with Gasteiger partial charge in [0.2, 0.25) is 5.91 Å². The third kappa shape index (κ3) is 6.59. The van der Waals surface area contributed by atoms with Crippen molar-refractivity contribution in [2.45, 2.75) is 25.7 Å². The van der Waals surface area contributed by atoms with Crippen molar-refractivity contribution in [3.8, 4) is 0 Å². The molecule has 0 aromatic heterocycles. The Balaban J connectivity index is 3.12. The molecule has 2 amide bonds. The Morgan fingerprint density at radius 2 is 1.73 bits per heavy atom. The van der Waals surface area contributed by atoms with Crippen molar-refractivity contribution in [2.24, 2.45) is 5.73 Å². The molecule has 13 heteroatoms. The van der Waals surface area contributed by atoms with Crippen LogP contribution in [0.5, 0.6) is 0 Å². The molecule has 0 radical (unpaired) electrons. The number of nitrogens with two attached hydrogens (primary N) is 1. The van der Waals surface area contributed by atoms with E-state index in [9.17, 15) is 31.0 Å². The summed E-state index contributed by atoms with van der Waals surface area (Å²) in [5.74, 6) is -1.43. The first kappa shape index (κ1) is 21.8. The van der Waals surface area contributed by atoms with Crippen LogP contribution in [0.4, 0.5) is 4.79 Å². The Morgan fingerprint density at radius 1 is 1.19 bits per heavy atom. The molecule has 2 atom stereocenters. The molecule has 1 aromatic rings. The first-order valence-electron chi connectivity index (χ1n) is 6.98. The second kappa shape index (κ2) is 8.44. The molecule has 0 saturated heterocycles. The van der Waals surface area contributed by atoms with Gasteiger partial charge >= 0.3 is 16.4 Å². The number of carbonyl (C=O) groups is 2. The van der Waals surface area contributed by atoms with Crippen molar-refractivity contribution in [1.82, 2.24) is 4.31 Å². The predicted molar refractivity (Wildman–Crippen MR) is 88.4 cm³/mol. The number of benzene rings is 1. The maximum Gasteiger partial charge on any atom is 0.426 e. The standard InChI is InChI=1S/C13H18N2O9S2/c1-9(24-25(2,18)19)11(12(14)16)15(26(20,21)22)13(17)23-8-10-6-4-3-5-7-10/h3-7,9,11H,8H2,1-2H3,(H2,14,16)(H,20,21,22). The van der Waals surface area contributed by atoms with E-state index in [1.807, 2.05) is 0 Å². The maximum absolute atomic E-state index is 12.1. The van der Waals surface area contributed by atoms with Gasteiger partial charge in [0.05, 0.1) is 6.26 Å². The lowest BCUT2D eigenvalue weighted by Gasteiger charge is -2.29. The lowest BCUT2D eigenvalue weighted by molar-refractivity contribution is -0.123. The van der Waals surface area contributed by atoms with Crippen molar-refractivity contribution in [1.29, 1.82) is 0 Å². The van der Waals surface area contributed by atoms with Gasteiger partial charge in [0.25, 0.3) is 10.1 Å². The van der Waals surface area contributed by atoms with Crippen LogP contribution in [0.2, 0.25) is 0 Å². The minimum atomic E-state index is -5.33. The Hall–Kier alpha value is -2.22. The van der Waals surface area contributed by atoms with Crippen LogP contribution in [0.25, 0.3) is 0 Å². The molecule has 0 bridgehead atoms. The molecule has 1 rings (SSSR count). The zero-order valence-corrected chi connectivity index (χ0v) is 15.4. The Bertz CT molecular complexity index is 853. The van der Waals surface area contributed by atoms with Gasteiger partial charge in [-0.2, -0.15) is 21.1 Å². The largest absolute Gasteiger partial charge is 0.444 e. The Morgan fingerprint density at radius 3 is 2.15 bits per heavy atom. The number of hydrogen-bond acceptors (Lipinski definition) is 8. The number of ether oxygens (including phenoxy) is 1. The van der Waals surface area contributed by atoms with Crippen molar-refractivity contribution < 1.29 is 39.9 Å². The minimum Gasteiger partial charge on any atom is -0.444 e. The topological polar surface area (TPSA) is 170 Å². The third-order valence-corrected chi connectivity index (χ3v) is 4.48. The lowest BCUT2D eigenvalue weighted by atomic mass is 10.2. The zero-order chi connectivity index (χ0) is 20.1. The second-order valence-electron chi connectivity index (χ2n) is 5.17. The van der Waals surface area contributed by atoms with Gasteiger partial charge in [-0.3, -0.25) is 13.5 Å². The molecule has 0 saturated carbocycles. The quantitative estimate of drug-likeness (QED) is 0.429. The van der Waals surface area contributed by atoms with Crippen LogP contribution in [-0.4, -0.2) is 56.1 Å². The molecule has 0 aliphatic rings. The summed E-state index contributed by atoms with van der Waals surface area (Å²) in [7, 11) is -9.46. The van der Waals surface area contributed by atoms with Gasteiger partial charge in [-0.1, -0.05) is 30.3 Å². The molecule has 0 heterocycles. The second-order valence-corrected chi connectivity index (χ2v) is 8.06. The smallest absolute Gasteiger partial charge is 0.426 e. The highest BCUT2D eigenvalue weighted by Crippen LogP contribution is 2.16. The molecular formula is C13H18N2O9S2. The van der Waals surface area contributed by atoms with Crippen molar-refractivity contribution in [2.75, 3.05) is 6.26 Å². The molecule has 0 aliphatic carbocycles. The molecular weight excluding hydrogens is 392 g/mol. The van der Waals surface area contributed by atoms with E-state index in [2.05, 4.69) is 4.18 Å². The highest BCUT2D eigenvalue weighted by molar-refractivity contribution is 7.86. The van der Waals surface area contributed by atoms with Gasteiger partial charge in [-0.05, 0) is 12.5 Å². The van der Waals surface area contributed by atoms with Gasteiger partial charge in [0.1, 0.15) is 12.7 Å². The van der Waals surface area contributed by atoms with E-state index in [4.69, 9.17) is 10.5 Å². The molecule has 0 fully saturated rings. The summed E-state index contributed by atoms with van der Waals surface area (Å²) in [4.78, 5) is 23.7. The van der Waals surface area contributed by atoms with Crippen LogP contribution in [0, 0.1) is 0 Å². The van der Waals surface area contributed by atoms with Gasteiger partial charge < -0.3 is 10.5 Å². The summed E-state index contributed by atoms with van der Waals surface area (Å²) in [6, 6.07) is 5.96. The summed E-state index contributed by atoms with van der Waals surface area (Å²) in [5, 5.41) is 0. The number of primary amides is 1. The predicted octanol–water partition coefficient (Wildman–Crippen LogP) is -0.353. The molecule has 0 aliphatic heterocycles. The molecule has 11 nitrogen and oxygen atoms in total. The van der Waals surface area contributed by atoms with Crippen LogP contribution >= 0.6 is 0 Å². The van der Waals surface area contributed by atoms with E-state index in [0.29, 0.717) is 11.8 Å². The van der Waals surface area contributed by atoms with E-state index in [1.54, 1.807) is 30.3 Å². The molecule has 146 valence electrons. The summed E-state index contributed by atoms with van der Waals surface area (Å²) < 4.78 is 63.7. The summed E-state index contributed by atoms with van der Waals surface area (Å²) >= 11 is 0. The number of rotatable bonds is 8. The van der Waals surface area contributed by atoms with E-state index < -0.39 is 44.6 Å². The van der Waals surface area contributed by atoms with Crippen LogP contribution in [0.15, 0.2) is 30.3 Å². The van der Waals surface area contributed by atoms with Gasteiger partial charge in [0, 0.05) is 0 Å². The Kier molecular flexibility index (Phi) is 7.08. The van der Waals surface area contributed by atoms with Crippen LogP contribution in [-0.2, 0) is 40.7 Å². The summed E-state index contributed by atoms with van der Waals surface area (Å²) in [5.41, 5.74) is 5.55. The summed E-state index contributed by atoms with van der Waals surface area (Å²) in [6.07, 6.45) is -2.70. The fourth-order valence-corrected chi connectivity index (χ4v) is 3.46. The monoisotopic (exact) mass is 410 g/mol. The average Bonchev–Trinajstić information content (AvgIpc) is 2.47. The zero-order valence-electron chi connectivity index (χ0n) is 13.8. The molecule has 3 N–H and O–H groups in total. The first-order chi connectivity index (χ1) is 11.8. The van der Waals surface area contributed by atoms with Gasteiger partial charge in [-0.25, -0.2) is 4.79 Å². The van der Waals surface area contributed by atoms with Gasteiger partial charge in [0.15, 0.2) is 6.04 Å². The van der Waals surface area contributed by atoms with E-state index in [0.717, 1.165) is 6.92 Å². The number of nitrogens with zero attached hydrogens (tertiary/aromatic N) is 1. The average molecular weight is 410 g/mol. The first-order valence-corrected chi connectivity index (χ1v) is 10.2. The van der Waals surface area contributed by atoms with Crippen LogP contribution in [0.3, 0.4) is 0 Å². The summed E-state index contributed by atoms with van der Waals surface area (Å²) in [6.45, 7) is 0.609. The lowest BCUT2D eigenvalue weighted by Crippen LogP contribution is -2.56. The minimum absolute atomic E-state index is 0.367. The van der Waals surface area contributed by atoms with E-state index in [-0.39, 0.29) is 10.9 Å². The van der Waals surface area contributed by atoms with E-state index >= 15 is 0 Å². The fourth-order valence-electron chi connectivity index (χ4n) is 2.00. The van der Waals surface area contributed by atoms with Crippen molar-refractivity contribution >= 4 is 32.4 Å². The van der Waals surface area contributed by atoms with Gasteiger partial charge in [-0.15, -0.1) is 0 Å². The maximum atomic E-state index is 12.1.